The Labute approximate surface area is 277 Å². The van der Waals surface area contributed by atoms with Crippen LogP contribution in [0.25, 0.3) is 33.5 Å². The first-order valence-corrected chi connectivity index (χ1v) is 16.9. The van der Waals surface area contributed by atoms with Gasteiger partial charge < -0.3 is 25.5 Å². The van der Waals surface area contributed by atoms with Crippen molar-refractivity contribution in [2.24, 2.45) is 5.92 Å². The number of sulfonamides is 1. The molecule has 13 nitrogen and oxygen atoms in total. The van der Waals surface area contributed by atoms with Crippen LogP contribution in [-0.4, -0.2) is 65.9 Å². The second-order valence-corrected chi connectivity index (χ2v) is 13.4. The van der Waals surface area contributed by atoms with E-state index in [2.05, 4.69) is 30.3 Å². The van der Waals surface area contributed by atoms with Gasteiger partial charge in [0.1, 0.15) is 11.5 Å². The Kier molecular flexibility index (Phi) is 8.52. The Balaban J connectivity index is 1.36. The molecule has 48 heavy (non-hydrogen) atoms. The molecule has 3 heterocycles. The molecule has 0 amide bonds. The number of ether oxygens (including phenoxy) is 2. The molecule has 2 aromatic heterocycles. The Morgan fingerprint density at radius 1 is 0.938 bits per heavy atom. The number of fused-ring (bicyclic) bond motifs is 1. The van der Waals surface area contributed by atoms with Gasteiger partial charge in [-0.15, -0.1) is 10.2 Å². The summed E-state index contributed by atoms with van der Waals surface area (Å²) in [6, 6.07) is 24.3. The molecule has 0 saturated carbocycles. The van der Waals surface area contributed by atoms with Gasteiger partial charge in [0, 0.05) is 6.54 Å². The molecular formula is C34H35N9O4S. The summed E-state index contributed by atoms with van der Waals surface area (Å²) in [6.45, 7) is 2.03. The number of nitrogens with two attached hydrogens (primary N) is 1. The minimum Gasteiger partial charge on any atom is -0.497 e. The highest BCUT2D eigenvalue weighted by molar-refractivity contribution is 7.89. The van der Waals surface area contributed by atoms with E-state index in [0.717, 1.165) is 41.0 Å². The molecule has 6 aromatic rings. The highest BCUT2D eigenvalue weighted by Crippen LogP contribution is 2.39. The number of rotatable bonds is 12. The smallest absolute Gasteiger partial charge is 0.241 e. The number of anilines is 1. The largest absolute Gasteiger partial charge is 0.497 e. The standard InChI is InChI=1S/C34H35N9O4S/c1-46-26-9-3-21(4-10-26)19-37-48(44,45)32-25(15-23-17-36-18-23)7-13-28(24-8-14-29-30(16-24)39-34(35)38-29)31(32)33-40-42-43(41-33)20-22-5-11-27(47-2)12-6-22/h3-14,16,23,36-37H,15,17-20H2,1-2H3,(H3,35,38,39). The molecule has 0 aliphatic carbocycles. The second kappa shape index (κ2) is 13.1. The fraction of sp³-hybridized carbons (Fsp3) is 0.235. The van der Waals surface area contributed by atoms with E-state index in [1.807, 2.05) is 66.7 Å². The first-order valence-electron chi connectivity index (χ1n) is 15.5. The van der Waals surface area contributed by atoms with Crippen LogP contribution < -0.4 is 25.2 Å². The summed E-state index contributed by atoms with van der Waals surface area (Å²) in [4.78, 5) is 8.99. The number of aromatic nitrogens is 6. The van der Waals surface area contributed by atoms with Crippen LogP contribution in [-0.2, 0) is 29.5 Å². The van der Waals surface area contributed by atoms with Gasteiger partial charge in [-0.2, -0.15) is 4.80 Å². The lowest BCUT2D eigenvalue weighted by Gasteiger charge is -2.28. The van der Waals surface area contributed by atoms with E-state index in [1.165, 1.54) is 4.80 Å². The predicted octanol–water partition coefficient (Wildman–Crippen LogP) is 3.77. The van der Waals surface area contributed by atoms with Crippen LogP contribution in [0.1, 0.15) is 16.7 Å². The fourth-order valence-corrected chi connectivity index (χ4v) is 7.32. The van der Waals surface area contributed by atoms with Gasteiger partial charge in [-0.1, -0.05) is 42.5 Å². The maximum absolute atomic E-state index is 14.5. The number of H-pyrrole nitrogens is 1. The van der Waals surface area contributed by atoms with Crippen molar-refractivity contribution in [3.63, 3.8) is 0 Å². The van der Waals surface area contributed by atoms with Gasteiger partial charge >= 0.3 is 0 Å². The van der Waals surface area contributed by atoms with Crippen molar-refractivity contribution in [1.82, 2.24) is 40.2 Å². The van der Waals surface area contributed by atoms with Crippen LogP contribution >= 0.6 is 0 Å². The predicted molar refractivity (Wildman–Crippen MR) is 182 cm³/mol. The van der Waals surface area contributed by atoms with E-state index in [1.54, 1.807) is 26.4 Å². The molecule has 14 heteroatoms. The number of hydrogen-bond donors (Lipinski definition) is 4. The van der Waals surface area contributed by atoms with Crippen LogP contribution in [0.4, 0.5) is 5.95 Å². The Morgan fingerprint density at radius 3 is 2.31 bits per heavy atom. The van der Waals surface area contributed by atoms with E-state index >= 15 is 0 Å². The van der Waals surface area contributed by atoms with Gasteiger partial charge in [-0.05, 0) is 94.9 Å². The van der Waals surface area contributed by atoms with E-state index in [4.69, 9.17) is 20.3 Å². The maximum atomic E-state index is 14.5. The third kappa shape index (κ3) is 6.45. The summed E-state index contributed by atoms with van der Waals surface area (Å²) < 4.78 is 42.4. The molecule has 1 saturated heterocycles. The summed E-state index contributed by atoms with van der Waals surface area (Å²) in [7, 11) is -0.908. The number of imidazole rings is 1. The zero-order valence-electron chi connectivity index (χ0n) is 26.5. The first kappa shape index (κ1) is 31.3. The molecule has 1 fully saturated rings. The van der Waals surface area contributed by atoms with E-state index < -0.39 is 10.0 Å². The normalized spacial score (nSPS) is 13.5. The average molecular weight is 666 g/mol. The molecule has 246 valence electrons. The zero-order chi connectivity index (χ0) is 33.3. The van der Waals surface area contributed by atoms with Crippen molar-refractivity contribution in [1.29, 1.82) is 0 Å². The maximum Gasteiger partial charge on any atom is 0.241 e. The number of hydrogen-bond acceptors (Lipinski definition) is 10. The van der Waals surface area contributed by atoms with Crippen LogP contribution in [0.3, 0.4) is 0 Å². The Morgan fingerprint density at radius 2 is 1.65 bits per heavy atom. The first-order chi connectivity index (χ1) is 23.3. The molecule has 0 unspecified atom stereocenters. The van der Waals surface area contributed by atoms with Crippen molar-refractivity contribution in [3.8, 4) is 34.0 Å². The van der Waals surface area contributed by atoms with E-state index in [0.29, 0.717) is 52.8 Å². The number of tetrazole rings is 1. The summed E-state index contributed by atoms with van der Waals surface area (Å²) in [6.07, 6.45) is 0.565. The molecular weight excluding hydrogens is 630 g/mol. The number of nitrogens with one attached hydrogen (secondary N) is 3. The van der Waals surface area contributed by atoms with Crippen LogP contribution in [0, 0.1) is 5.92 Å². The van der Waals surface area contributed by atoms with E-state index in [9.17, 15) is 8.42 Å². The van der Waals surface area contributed by atoms with Crippen molar-refractivity contribution < 1.29 is 17.9 Å². The lowest BCUT2D eigenvalue weighted by Crippen LogP contribution is -2.43. The van der Waals surface area contributed by atoms with Gasteiger partial charge in [0.15, 0.2) is 5.95 Å². The van der Waals surface area contributed by atoms with Gasteiger partial charge in [0.25, 0.3) is 0 Å². The van der Waals surface area contributed by atoms with Crippen molar-refractivity contribution in [3.05, 3.63) is 95.6 Å². The lowest BCUT2D eigenvalue weighted by atomic mass is 9.90. The molecule has 0 bridgehead atoms. The Bertz CT molecular complexity index is 2180. The number of nitrogens with zero attached hydrogens (tertiary/aromatic N) is 5. The van der Waals surface area contributed by atoms with Crippen molar-refractivity contribution in [2.45, 2.75) is 24.4 Å². The SMILES string of the molecule is COc1ccc(CNS(=O)(=O)c2c(CC3CNC3)ccc(-c3ccc4nc(N)[nH]c4c3)c2-c2nnn(Cc3ccc(OC)cc3)n2)cc1. The molecule has 1 aliphatic rings. The van der Waals surface area contributed by atoms with Crippen molar-refractivity contribution >= 4 is 27.0 Å². The third-order valence-corrected chi connectivity index (χ3v) is 10.0. The molecule has 0 radical (unpaired) electrons. The molecule has 5 N–H and O–H groups in total. The molecule has 7 rings (SSSR count). The summed E-state index contributed by atoms with van der Waals surface area (Å²) in [5.74, 6) is 2.21. The number of aromatic amines is 1. The number of benzene rings is 4. The van der Waals surface area contributed by atoms with E-state index in [-0.39, 0.29) is 17.3 Å². The second-order valence-electron chi connectivity index (χ2n) is 11.7. The third-order valence-electron chi connectivity index (χ3n) is 8.48. The lowest BCUT2D eigenvalue weighted by molar-refractivity contribution is 0.345. The highest BCUT2D eigenvalue weighted by atomic mass is 32.2. The van der Waals surface area contributed by atoms with Gasteiger partial charge in [0.05, 0.1) is 42.3 Å². The summed E-state index contributed by atoms with van der Waals surface area (Å²) in [5, 5.41) is 16.8. The van der Waals surface area contributed by atoms with Gasteiger partial charge in [-0.25, -0.2) is 18.1 Å². The van der Waals surface area contributed by atoms with Gasteiger partial charge in [0.2, 0.25) is 15.8 Å². The monoisotopic (exact) mass is 665 g/mol. The average Bonchev–Trinajstić information content (AvgIpc) is 3.70. The minimum absolute atomic E-state index is 0.0807. The fourth-order valence-electron chi connectivity index (χ4n) is 5.86. The van der Waals surface area contributed by atoms with Gasteiger partial charge in [-0.3, -0.25) is 0 Å². The Hall–Kier alpha value is -5.31. The molecule has 0 atom stereocenters. The highest BCUT2D eigenvalue weighted by Gasteiger charge is 2.31. The zero-order valence-corrected chi connectivity index (χ0v) is 27.3. The molecule has 1 aliphatic heterocycles. The quantitative estimate of drug-likeness (QED) is 0.151. The van der Waals surface area contributed by atoms with Crippen LogP contribution in [0.2, 0.25) is 0 Å². The van der Waals surface area contributed by atoms with Crippen molar-refractivity contribution in [2.75, 3.05) is 33.0 Å². The number of methoxy groups -OCH3 is 2. The minimum atomic E-state index is -4.11. The molecule has 4 aromatic carbocycles. The topological polar surface area (TPSA) is 175 Å². The molecule has 0 spiro atoms. The summed E-state index contributed by atoms with van der Waals surface area (Å²) >= 11 is 0. The number of nitrogen functional groups attached to an aromatic ring is 1. The van der Waals surface area contributed by atoms with Crippen LogP contribution in [0.15, 0.2) is 83.8 Å². The summed E-state index contributed by atoms with van der Waals surface area (Å²) in [5.41, 5.74) is 11.5. The van der Waals surface area contributed by atoms with Crippen LogP contribution in [0.5, 0.6) is 11.5 Å².